The second kappa shape index (κ2) is 4.98. The number of nitrogens with one attached hydrogen (secondary N) is 1. The maximum absolute atomic E-state index is 12.2. The predicted molar refractivity (Wildman–Crippen MR) is 71.2 cm³/mol. The number of ether oxygens (including phenoxy) is 1. The average molecular weight is 308 g/mol. The van der Waals surface area contributed by atoms with Crippen LogP contribution < -0.4 is 4.74 Å². The molecule has 0 aliphatic heterocycles. The summed E-state index contributed by atoms with van der Waals surface area (Å²) in [6.45, 7) is -2.89. The Hall–Kier alpha value is -2.09. The highest BCUT2D eigenvalue weighted by molar-refractivity contribution is 5.55. The van der Waals surface area contributed by atoms with E-state index in [1.165, 1.54) is 18.5 Å². The molecule has 0 aromatic carbocycles. The summed E-state index contributed by atoms with van der Waals surface area (Å²) in [5.74, 6) is 2.44. The molecule has 2 aromatic heterocycles. The summed E-state index contributed by atoms with van der Waals surface area (Å²) >= 11 is 0. The van der Waals surface area contributed by atoms with Gasteiger partial charge in [-0.25, -0.2) is 4.98 Å². The van der Waals surface area contributed by atoms with Gasteiger partial charge in [0.2, 0.25) is 0 Å². The number of nitrogens with zero attached hydrogens (tertiary/aromatic N) is 3. The van der Waals surface area contributed by atoms with E-state index in [4.69, 9.17) is 0 Å². The standard InChI is InChI=1S/C14H14F2N4O2/c15-14(16)22-8-1-6(4-17-5-8)12-18-13(20-19-12)11-9-2-7(21)3-10(9)11/h1,4-5,7,9-11,14,21H,2-3H2,(H,18,19,20)/t7?,9-,10+,11?. The van der Waals surface area contributed by atoms with Gasteiger partial charge in [0.1, 0.15) is 11.6 Å². The van der Waals surface area contributed by atoms with Crippen molar-refractivity contribution in [3.05, 3.63) is 24.3 Å². The SMILES string of the molecule is OC1C[C@@H]2C(c3nc(-c4cncc(OC(F)F)c4)n[nH]3)[C@@H]2C1. The first-order valence-corrected chi connectivity index (χ1v) is 7.12. The first-order chi connectivity index (χ1) is 10.6. The van der Waals surface area contributed by atoms with Crippen molar-refractivity contribution in [2.45, 2.75) is 31.5 Å². The molecule has 2 heterocycles. The lowest BCUT2D eigenvalue weighted by Gasteiger charge is -2.05. The number of fused-ring (bicyclic) bond motifs is 1. The van der Waals surface area contributed by atoms with E-state index in [0.29, 0.717) is 29.1 Å². The molecule has 22 heavy (non-hydrogen) atoms. The number of aliphatic hydroxyl groups excluding tert-OH is 1. The van der Waals surface area contributed by atoms with Crippen LogP contribution in [0.25, 0.3) is 11.4 Å². The van der Waals surface area contributed by atoms with Gasteiger partial charge in [-0.3, -0.25) is 10.1 Å². The maximum Gasteiger partial charge on any atom is 0.387 e. The minimum absolute atomic E-state index is 0.0229. The van der Waals surface area contributed by atoms with E-state index in [0.717, 1.165) is 18.7 Å². The monoisotopic (exact) mass is 308 g/mol. The molecule has 2 saturated carbocycles. The third-order valence-electron chi connectivity index (χ3n) is 4.44. The van der Waals surface area contributed by atoms with Crippen molar-refractivity contribution < 1.29 is 18.6 Å². The molecule has 0 amide bonds. The highest BCUT2D eigenvalue weighted by atomic mass is 19.3. The van der Waals surface area contributed by atoms with Crippen LogP contribution in [-0.4, -0.2) is 38.0 Å². The summed E-state index contributed by atoms with van der Waals surface area (Å²) in [5, 5.41) is 16.6. The lowest BCUT2D eigenvalue weighted by Crippen LogP contribution is -2.05. The highest BCUT2D eigenvalue weighted by Gasteiger charge is 2.57. The summed E-state index contributed by atoms with van der Waals surface area (Å²) in [6, 6.07) is 1.43. The molecule has 4 atom stereocenters. The van der Waals surface area contributed by atoms with Crippen molar-refractivity contribution in [1.82, 2.24) is 20.2 Å². The van der Waals surface area contributed by atoms with Crippen LogP contribution in [0.3, 0.4) is 0 Å². The van der Waals surface area contributed by atoms with Gasteiger partial charge >= 0.3 is 6.61 Å². The molecule has 2 N–H and O–H groups in total. The Bertz CT molecular complexity index is 681. The molecule has 6 nitrogen and oxygen atoms in total. The molecule has 2 unspecified atom stereocenters. The second-order valence-electron chi connectivity index (χ2n) is 5.81. The fourth-order valence-electron chi connectivity index (χ4n) is 3.48. The van der Waals surface area contributed by atoms with Gasteiger partial charge < -0.3 is 9.84 Å². The molecule has 2 aromatic rings. The fourth-order valence-corrected chi connectivity index (χ4v) is 3.48. The van der Waals surface area contributed by atoms with Gasteiger partial charge in [0.25, 0.3) is 0 Å². The van der Waals surface area contributed by atoms with Crippen LogP contribution in [0.1, 0.15) is 24.6 Å². The van der Waals surface area contributed by atoms with Crippen LogP contribution in [0.2, 0.25) is 0 Å². The lowest BCUT2D eigenvalue weighted by molar-refractivity contribution is -0.0500. The summed E-state index contributed by atoms with van der Waals surface area (Å²) in [6.07, 6.45) is 4.15. The molecule has 0 bridgehead atoms. The summed E-state index contributed by atoms with van der Waals surface area (Å²) in [4.78, 5) is 8.30. The summed E-state index contributed by atoms with van der Waals surface area (Å²) in [5.41, 5.74) is 0.520. The van der Waals surface area contributed by atoms with Gasteiger partial charge in [0.05, 0.1) is 12.3 Å². The van der Waals surface area contributed by atoms with Crippen molar-refractivity contribution in [3.8, 4) is 17.1 Å². The highest BCUT2D eigenvalue weighted by Crippen LogP contribution is 2.62. The number of aromatic amines is 1. The van der Waals surface area contributed by atoms with Crippen molar-refractivity contribution in [3.63, 3.8) is 0 Å². The van der Waals surface area contributed by atoms with Crippen LogP contribution >= 0.6 is 0 Å². The molecule has 0 spiro atoms. The fraction of sp³-hybridized carbons (Fsp3) is 0.500. The van der Waals surface area contributed by atoms with Crippen LogP contribution in [-0.2, 0) is 0 Å². The van der Waals surface area contributed by atoms with Crippen molar-refractivity contribution >= 4 is 0 Å². The van der Waals surface area contributed by atoms with Crippen molar-refractivity contribution in [1.29, 1.82) is 0 Å². The Morgan fingerprint density at radius 2 is 2.05 bits per heavy atom. The molecule has 2 aliphatic carbocycles. The quantitative estimate of drug-likeness (QED) is 0.902. The van der Waals surface area contributed by atoms with Crippen LogP contribution in [0.15, 0.2) is 18.5 Å². The van der Waals surface area contributed by atoms with E-state index < -0.39 is 6.61 Å². The van der Waals surface area contributed by atoms with Gasteiger partial charge in [-0.05, 0) is 30.7 Å². The molecule has 0 radical (unpaired) electrons. The van der Waals surface area contributed by atoms with E-state index in [9.17, 15) is 13.9 Å². The summed E-state index contributed by atoms with van der Waals surface area (Å²) in [7, 11) is 0. The van der Waals surface area contributed by atoms with Crippen LogP contribution in [0, 0.1) is 11.8 Å². The topological polar surface area (TPSA) is 83.9 Å². The minimum atomic E-state index is -2.89. The van der Waals surface area contributed by atoms with E-state index in [1.807, 2.05) is 0 Å². The molecule has 2 fully saturated rings. The number of rotatable bonds is 4. The van der Waals surface area contributed by atoms with Gasteiger partial charge in [-0.2, -0.15) is 13.9 Å². The predicted octanol–water partition coefficient (Wildman–Crippen LogP) is 1.95. The molecule has 2 aliphatic rings. The Morgan fingerprint density at radius 3 is 2.77 bits per heavy atom. The number of hydrogen-bond donors (Lipinski definition) is 2. The van der Waals surface area contributed by atoms with Gasteiger partial charge in [0.15, 0.2) is 5.82 Å². The van der Waals surface area contributed by atoms with E-state index >= 15 is 0 Å². The zero-order valence-electron chi connectivity index (χ0n) is 11.5. The van der Waals surface area contributed by atoms with Gasteiger partial charge in [0, 0.05) is 17.7 Å². The second-order valence-corrected chi connectivity index (χ2v) is 5.81. The van der Waals surface area contributed by atoms with Gasteiger partial charge in [-0.15, -0.1) is 0 Å². The van der Waals surface area contributed by atoms with Crippen LogP contribution in [0.4, 0.5) is 8.78 Å². The zero-order chi connectivity index (χ0) is 15.3. The number of aromatic nitrogens is 4. The third-order valence-corrected chi connectivity index (χ3v) is 4.44. The van der Waals surface area contributed by atoms with E-state index in [2.05, 4.69) is 24.9 Å². The molecular formula is C14H14F2N4O2. The average Bonchev–Trinajstić information content (AvgIpc) is 2.87. The van der Waals surface area contributed by atoms with Crippen LogP contribution in [0.5, 0.6) is 5.75 Å². The smallest absolute Gasteiger partial charge is 0.387 e. The molecule has 116 valence electrons. The molecule has 0 saturated heterocycles. The minimum Gasteiger partial charge on any atom is -0.433 e. The lowest BCUT2D eigenvalue weighted by atomic mass is 10.1. The number of alkyl halides is 2. The molecular weight excluding hydrogens is 294 g/mol. The van der Waals surface area contributed by atoms with Gasteiger partial charge in [-0.1, -0.05) is 0 Å². The molecule has 4 rings (SSSR count). The van der Waals surface area contributed by atoms with Crippen molar-refractivity contribution in [2.75, 3.05) is 0 Å². The third kappa shape index (κ3) is 2.33. The van der Waals surface area contributed by atoms with E-state index in [-0.39, 0.29) is 11.9 Å². The Labute approximate surface area is 124 Å². The maximum atomic E-state index is 12.2. The number of aliphatic hydroxyl groups is 1. The normalized spacial score (nSPS) is 29.6. The first-order valence-electron chi connectivity index (χ1n) is 7.12. The number of hydrogen-bond acceptors (Lipinski definition) is 5. The van der Waals surface area contributed by atoms with E-state index in [1.54, 1.807) is 0 Å². The Morgan fingerprint density at radius 1 is 1.27 bits per heavy atom. The zero-order valence-corrected chi connectivity index (χ0v) is 11.5. The largest absolute Gasteiger partial charge is 0.433 e. The number of pyridine rings is 1. The van der Waals surface area contributed by atoms with Crippen molar-refractivity contribution in [2.24, 2.45) is 11.8 Å². The first kappa shape index (κ1) is 13.6. The number of H-pyrrole nitrogens is 1. The molecule has 8 heteroatoms. The Kier molecular flexibility index (Phi) is 3.07. The number of halogens is 2. The summed E-state index contributed by atoms with van der Waals surface area (Å²) < 4.78 is 28.8. The Balaban J connectivity index is 1.52.